The average Bonchev–Trinajstić information content (AvgIpc) is 2.75. The van der Waals surface area contributed by atoms with Gasteiger partial charge in [-0.1, -0.05) is 32.4 Å². The third-order valence-corrected chi connectivity index (χ3v) is 4.44. The van der Waals surface area contributed by atoms with E-state index < -0.39 is 17.4 Å². The third-order valence-electron chi connectivity index (χ3n) is 4.44. The van der Waals surface area contributed by atoms with Crippen LogP contribution in [0.5, 0.6) is 0 Å². The summed E-state index contributed by atoms with van der Waals surface area (Å²) in [5.74, 6) is -1.06. The van der Waals surface area contributed by atoms with Crippen LogP contribution in [0.2, 0.25) is 0 Å². The van der Waals surface area contributed by atoms with Crippen molar-refractivity contribution in [2.24, 2.45) is 11.8 Å². The topological polar surface area (TPSA) is 78.4 Å². The molecule has 1 rings (SSSR count). The highest BCUT2D eigenvalue weighted by molar-refractivity contribution is 6.17. The second kappa shape index (κ2) is 7.81. The minimum absolute atomic E-state index is 0.144. The van der Waals surface area contributed by atoms with Crippen molar-refractivity contribution in [1.29, 1.82) is 0 Å². The molecule has 122 valence electrons. The van der Waals surface area contributed by atoms with Gasteiger partial charge in [-0.25, -0.2) is 0 Å². The molecule has 22 heavy (non-hydrogen) atoms. The van der Waals surface area contributed by atoms with Crippen LogP contribution in [0, 0.1) is 11.8 Å². The molecule has 0 aliphatic carbocycles. The molecule has 1 heterocycles. The highest BCUT2D eigenvalue weighted by Crippen LogP contribution is 2.35. The zero-order valence-corrected chi connectivity index (χ0v) is 13.9. The Morgan fingerprint density at radius 1 is 1.55 bits per heavy atom. The highest BCUT2D eigenvalue weighted by Gasteiger charge is 2.50. The molecule has 0 saturated carbocycles. The Hall–Kier alpha value is -1.30. The first-order valence-corrected chi connectivity index (χ1v) is 7.95. The largest absolute Gasteiger partial charge is 0.480 e. The van der Waals surface area contributed by atoms with Crippen LogP contribution in [-0.4, -0.2) is 42.4 Å². The summed E-state index contributed by atoms with van der Waals surface area (Å²) in [5.41, 5.74) is -0.962. The van der Waals surface area contributed by atoms with E-state index in [9.17, 15) is 14.7 Å². The van der Waals surface area contributed by atoms with Crippen molar-refractivity contribution in [3.8, 4) is 0 Å². The highest BCUT2D eigenvalue weighted by atomic mass is 16.4. The molecule has 1 fully saturated rings. The summed E-state index contributed by atoms with van der Waals surface area (Å²) in [6, 6.07) is -1.02. The number of nitrogens with one attached hydrogen (secondary N) is 2. The number of allylic oxidation sites excluding steroid dienone is 1. The molecule has 5 nitrogen and oxygen atoms in total. The van der Waals surface area contributed by atoms with Crippen molar-refractivity contribution in [1.82, 2.24) is 10.6 Å². The second-order valence-corrected chi connectivity index (χ2v) is 6.28. The summed E-state index contributed by atoms with van der Waals surface area (Å²) < 4.78 is 0. The van der Waals surface area contributed by atoms with Crippen molar-refractivity contribution in [2.45, 2.75) is 64.5 Å². The minimum atomic E-state index is -0.962. The molecule has 1 amide bonds. The number of rotatable bonds is 7. The number of carbonyl (C=O) groups is 2. The van der Waals surface area contributed by atoms with E-state index in [-0.39, 0.29) is 23.8 Å². The van der Waals surface area contributed by atoms with Gasteiger partial charge in [-0.15, -0.1) is 0 Å². The summed E-state index contributed by atoms with van der Waals surface area (Å²) in [5, 5.41) is 15.3. The van der Waals surface area contributed by atoms with E-state index in [1.165, 1.54) is 6.92 Å². The average molecular weight is 306 g/mol. The monoisotopic (exact) mass is 306 g/mol. The summed E-state index contributed by atoms with van der Waals surface area (Å²) in [6.07, 6.45) is 6.12. The third kappa shape index (κ3) is 4.12. The van der Waals surface area contributed by atoms with E-state index in [1.807, 2.05) is 26.0 Å². The molecule has 0 aromatic heterocycles. The Bertz CT molecular complexity index is 441. The maximum absolute atomic E-state index is 11.6. The summed E-state index contributed by atoms with van der Waals surface area (Å²) in [7, 11) is 6.60. The van der Waals surface area contributed by atoms with Gasteiger partial charge in [-0.3, -0.25) is 9.59 Å². The van der Waals surface area contributed by atoms with Crippen LogP contribution < -0.4 is 10.6 Å². The Kier molecular flexibility index (Phi) is 6.66. The number of carboxylic acid groups (broad SMARTS) is 1. The fourth-order valence-electron chi connectivity index (χ4n) is 3.44. The Morgan fingerprint density at radius 2 is 2.18 bits per heavy atom. The van der Waals surface area contributed by atoms with E-state index in [4.69, 9.17) is 7.85 Å². The van der Waals surface area contributed by atoms with Gasteiger partial charge in [-0.2, -0.15) is 0 Å². The van der Waals surface area contributed by atoms with Crippen molar-refractivity contribution in [2.75, 3.05) is 0 Å². The SMILES string of the molecule is [B]C1(C(NC(C)=O)C(C)CCC)NC(C(=O)O)CC1/C=C\C. The van der Waals surface area contributed by atoms with Gasteiger partial charge < -0.3 is 15.7 Å². The van der Waals surface area contributed by atoms with Crippen LogP contribution >= 0.6 is 0 Å². The smallest absolute Gasteiger partial charge is 0.320 e. The van der Waals surface area contributed by atoms with E-state index in [1.54, 1.807) is 0 Å². The normalized spacial score (nSPS) is 31.1. The minimum Gasteiger partial charge on any atom is -0.480 e. The summed E-state index contributed by atoms with van der Waals surface area (Å²) >= 11 is 0. The lowest BCUT2D eigenvalue weighted by atomic mass is 9.61. The van der Waals surface area contributed by atoms with Crippen LogP contribution in [0.4, 0.5) is 0 Å². The van der Waals surface area contributed by atoms with Crippen molar-refractivity contribution < 1.29 is 14.7 Å². The van der Waals surface area contributed by atoms with Gasteiger partial charge in [-0.05, 0) is 31.6 Å². The standard InChI is InChI=1S/C16H27BN2O3/c1-5-7-10(3)14(18-11(4)20)16(17)12(8-6-2)9-13(19-16)15(21)22/h6,8,10,12-14,19H,5,7,9H2,1-4H3,(H,18,20)(H,21,22)/b8-6-. The van der Waals surface area contributed by atoms with Crippen molar-refractivity contribution in [3.05, 3.63) is 12.2 Å². The molecular weight excluding hydrogens is 279 g/mol. The first-order valence-electron chi connectivity index (χ1n) is 7.95. The maximum atomic E-state index is 11.6. The molecule has 0 aromatic rings. The van der Waals surface area contributed by atoms with Crippen LogP contribution in [-0.2, 0) is 9.59 Å². The molecule has 1 saturated heterocycles. The van der Waals surface area contributed by atoms with E-state index >= 15 is 0 Å². The van der Waals surface area contributed by atoms with Crippen LogP contribution in [0.15, 0.2) is 12.2 Å². The lowest BCUT2D eigenvalue weighted by Gasteiger charge is -2.43. The maximum Gasteiger partial charge on any atom is 0.320 e. The van der Waals surface area contributed by atoms with E-state index in [0.717, 1.165) is 12.8 Å². The number of carboxylic acids is 1. The fraction of sp³-hybridized carbons (Fsp3) is 0.750. The first-order chi connectivity index (χ1) is 10.3. The number of hydrogen-bond donors (Lipinski definition) is 3. The lowest BCUT2D eigenvalue weighted by Crippen LogP contribution is -2.65. The Balaban J connectivity index is 3.14. The molecule has 6 heteroatoms. The predicted molar refractivity (Wildman–Crippen MR) is 87.6 cm³/mol. The molecule has 1 aliphatic heterocycles. The molecule has 1 aliphatic rings. The molecule has 0 aromatic carbocycles. The fourth-order valence-corrected chi connectivity index (χ4v) is 3.44. The van der Waals surface area contributed by atoms with E-state index in [0.29, 0.717) is 6.42 Å². The molecule has 5 unspecified atom stereocenters. The summed E-state index contributed by atoms with van der Waals surface area (Å²) in [6.45, 7) is 7.47. The Labute approximate surface area is 134 Å². The van der Waals surface area contributed by atoms with Crippen molar-refractivity contribution in [3.63, 3.8) is 0 Å². The van der Waals surface area contributed by atoms with Crippen LogP contribution in [0.3, 0.4) is 0 Å². The van der Waals surface area contributed by atoms with Gasteiger partial charge in [0, 0.05) is 18.4 Å². The number of aliphatic carboxylic acids is 1. The number of amides is 1. The Morgan fingerprint density at radius 3 is 2.64 bits per heavy atom. The number of hydrogen-bond acceptors (Lipinski definition) is 3. The number of carbonyl (C=O) groups excluding carboxylic acids is 1. The van der Waals surface area contributed by atoms with Gasteiger partial charge in [0.15, 0.2) is 0 Å². The van der Waals surface area contributed by atoms with Gasteiger partial charge in [0.2, 0.25) is 5.91 Å². The molecule has 2 radical (unpaired) electrons. The summed E-state index contributed by atoms with van der Waals surface area (Å²) in [4.78, 5) is 23.0. The van der Waals surface area contributed by atoms with E-state index in [2.05, 4.69) is 17.6 Å². The lowest BCUT2D eigenvalue weighted by molar-refractivity contribution is -0.139. The van der Waals surface area contributed by atoms with Gasteiger partial charge in [0.1, 0.15) is 6.04 Å². The quantitative estimate of drug-likeness (QED) is 0.491. The van der Waals surface area contributed by atoms with Crippen LogP contribution in [0.1, 0.15) is 47.0 Å². The zero-order chi connectivity index (χ0) is 16.9. The molecule has 0 spiro atoms. The predicted octanol–water partition coefficient (Wildman–Crippen LogP) is 1.43. The molecule has 5 atom stereocenters. The van der Waals surface area contributed by atoms with Crippen LogP contribution in [0.25, 0.3) is 0 Å². The van der Waals surface area contributed by atoms with Gasteiger partial charge in [0.25, 0.3) is 0 Å². The zero-order valence-electron chi connectivity index (χ0n) is 13.9. The molecule has 3 N–H and O–H groups in total. The molecular formula is C16H27BN2O3. The van der Waals surface area contributed by atoms with Crippen molar-refractivity contribution >= 4 is 19.7 Å². The molecule has 0 bridgehead atoms. The second-order valence-electron chi connectivity index (χ2n) is 6.28. The van der Waals surface area contributed by atoms with Gasteiger partial charge >= 0.3 is 5.97 Å². The van der Waals surface area contributed by atoms with Gasteiger partial charge in [0.05, 0.1) is 7.85 Å². The first kappa shape index (κ1) is 18.8.